The van der Waals surface area contributed by atoms with Gasteiger partial charge in [0.2, 0.25) is 6.41 Å². The number of halogens is 1. The summed E-state index contributed by atoms with van der Waals surface area (Å²) in [5.74, 6) is -0.546. The van der Waals surface area contributed by atoms with E-state index in [-0.39, 0.29) is 13.0 Å². The number of rotatable bonds is 4. The van der Waals surface area contributed by atoms with Crippen LogP contribution in [0.1, 0.15) is 0 Å². The molecule has 0 aliphatic carbocycles. The Morgan fingerprint density at radius 2 is 2.10 bits per heavy atom. The van der Waals surface area contributed by atoms with Crippen LogP contribution < -0.4 is 0 Å². The zero-order chi connectivity index (χ0) is 8.20. The molecule has 0 rings (SSSR count). The van der Waals surface area contributed by atoms with Crippen molar-refractivity contribution in [1.82, 2.24) is 4.42 Å². The van der Waals surface area contributed by atoms with Crippen LogP contribution in [0.25, 0.3) is 0 Å². The third-order valence-electron chi connectivity index (χ3n) is 0.677. The zero-order valence-corrected chi connectivity index (χ0v) is 6.47. The van der Waals surface area contributed by atoms with E-state index in [9.17, 15) is 13.2 Å². The van der Waals surface area contributed by atoms with Crippen LogP contribution in [0.5, 0.6) is 0 Å². The molecule has 0 aliphatic rings. The average molecular weight is 188 g/mol. The minimum absolute atomic E-state index is 0.218. The van der Waals surface area contributed by atoms with E-state index in [1.54, 1.807) is 0 Å². The normalized spacial score (nSPS) is 11.0. The second kappa shape index (κ2) is 3.75. The molecule has 0 bridgehead atoms. The summed E-state index contributed by atoms with van der Waals surface area (Å²) in [5.41, 5.74) is 0. The molecule has 0 fully saturated rings. The van der Waals surface area contributed by atoms with E-state index in [1.165, 1.54) is 0 Å². The largest absolute Gasteiger partial charge is 0.285 e. The molecule has 1 N–H and O–H groups in total. The van der Waals surface area contributed by atoms with E-state index in [0.29, 0.717) is 4.42 Å². The molecule has 0 aromatic heterocycles. The zero-order valence-electron chi connectivity index (χ0n) is 4.90. The Bertz CT molecular complexity index is 201. The van der Waals surface area contributed by atoms with E-state index in [1.807, 2.05) is 0 Å². The topological polar surface area (TPSA) is 74.7 Å². The summed E-state index contributed by atoms with van der Waals surface area (Å²) < 4.78 is 28.7. The lowest BCUT2D eigenvalue weighted by molar-refractivity contribution is -0.114. The van der Waals surface area contributed by atoms with Crippen LogP contribution in [0, 0.1) is 0 Å². The fourth-order valence-corrected chi connectivity index (χ4v) is 0.867. The van der Waals surface area contributed by atoms with Gasteiger partial charge in [-0.05, 0) is 0 Å². The van der Waals surface area contributed by atoms with Gasteiger partial charge in [0.05, 0.1) is 12.3 Å². The van der Waals surface area contributed by atoms with Crippen LogP contribution >= 0.6 is 11.8 Å². The van der Waals surface area contributed by atoms with Gasteiger partial charge in [-0.15, -0.1) is 0 Å². The minimum atomic E-state index is -4.01. The van der Waals surface area contributed by atoms with Gasteiger partial charge in [0.15, 0.2) is 0 Å². The van der Waals surface area contributed by atoms with Crippen molar-refractivity contribution in [2.24, 2.45) is 0 Å². The minimum Gasteiger partial charge on any atom is -0.285 e. The number of hydrogen-bond acceptors (Lipinski definition) is 3. The maximum absolute atomic E-state index is 10.0. The van der Waals surface area contributed by atoms with Crippen molar-refractivity contribution in [3.05, 3.63) is 0 Å². The Balaban J connectivity index is 3.66. The summed E-state index contributed by atoms with van der Waals surface area (Å²) in [4.78, 5) is 9.74. The van der Waals surface area contributed by atoms with Crippen LogP contribution in [0.15, 0.2) is 0 Å². The van der Waals surface area contributed by atoms with E-state index in [2.05, 4.69) is 0 Å². The van der Waals surface area contributed by atoms with Crippen LogP contribution in [-0.2, 0) is 14.9 Å². The van der Waals surface area contributed by atoms with Gasteiger partial charge in [0.1, 0.15) is 0 Å². The highest BCUT2D eigenvalue weighted by Gasteiger charge is 2.06. The van der Waals surface area contributed by atoms with Crippen LogP contribution in [0.2, 0.25) is 0 Å². The summed E-state index contributed by atoms with van der Waals surface area (Å²) in [6.07, 6.45) is 0.257. The Labute approximate surface area is 63.4 Å². The Hall–Kier alpha value is -0.330. The molecule has 7 heteroatoms. The maximum atomic E-state index is 10.0. The third-order valence-corrected chi connectivity index (χ3v) is 1.62. The summed E-state index contributed by atoms with van der Waals surface area (Å²) >= 11 is 5.06. The first-order valence-electron chi connectivity index (χ1n) is 2.28. The Kier molecular flexibility index (Phi) is 3.62. The van der Waals surface area contributed by atoms with Crippen LogP contribution in [-0.4, -0.2) is 36.1 Å². The average Bonchev–Trinajstić information content (AvgIpc) is 1.81. The lowest BCUT2D eigenvalue weighted by Gasteiger charge is -2.03. The van der Waals surface area contributed by atoms with Crippen molar-refractivity contribution in [2.45, 2.75) is 0 Å². The molecule has 0 aromatic carbocycles. The molecular formula is C3H6ClNO4S. The van der Waals surface area contributed by atoms with E-state index >= 15 is 0 Å². The standard InChI is InChI=1S/C3H6ClNO4S/c4-5(3-6)1-2-10(7,8)9/h3H,1-2H2,(H,7,8,9). The van der Waals surface area contributed by atoms with Gasteiger partial charge in [-0.1, -0.05) is 0 Å². The molecule has 10 heavy (non-hydrogen) atoms. The van der Waals surface area contributed by atoms with Gasteiger partial charge >= 0.3 is 0 Å². The molecule has 0 unspecified atom stereocenters. The van der Waals surface area contributed by atoms with Gasteiger partial charge in [-0.25, -0.2) is 0 Å². The summed E-state index contributed by atoms with van der Waals surface area (Å²) in [6, 6.07) is 0. The molecule has 0 aromatic rings. The van der Waals surface area contributed by atoms with E-state index in [4.69, 9.17) is 16.3 Å². The summed E-state index contributed by atoms with van der Waals surface area (Å²) in [5, 5.41) is 0. The van der Waals surface area contributed by atoms with E-state index < -0.39 is 15.9 Å². The highest BCUT2D eigenvalue weighted by atomic mass is 35.5. The lowest BCUT2D eigenvalue weighted by atomic mass is 10.8. The molecule has 1 amide bonds. The molecule has 60 valence electrons. The number of nitrogens with zero attached hydrogens (tertiary/aromatic N) is 1. The lowest BCUT2D eigenvalue weighted by Crippen LogP contribution is -2.19. The molecule has 0 aliphatic heterocycles. The predicted octanol–water partition coefficient (Wildman–Crippen LogP) is -0.514. The van der Waals surface area contributed by atoms with Crippen LogP contribution in [0.4, 0.5) is 0 Å². The number of carbonyl (C=O) groups excluding carboxylic acids is 1. The molecule has 0 heterocycles. The second-order valence-electron chi connectivity index (χ2n) is 1.51. The fraction of sp³-hybridized carbons (Fsp3) is 0.667. The van der Waals surface area contributed by atoms with Gasteiger partial charge in [-0.3, -0.25) is 13.8 Å². The summed E-state index contributed by atoms with van der Waals surface area (Å²) in [6.45, 7) is -0.218. The highest BCUT2D eigenvalue weighted by molar-refractivity contribution is 7.85. The quantitative estimate of drug-likeness (QED) is 0.365. The van der Waals surface area contributed by atoms with Gasteiger partial charge < -0.3 is 0 Å². The van der Waals surface area contributed by atoms with Crippen LogP contribution in [0.3, 0.4) is 0 Å². The molecule has 5 nitrogen and oxygen atoms in total. The van der Waals surface area contributed by atoms with Gasteiger partial charge in [0, 0.05) is 11.8 Å². The van der Waals surface area contributed by atoms with Gasteiger partial charge in [-0.2, -0.15) is 8.42 Å². The smallest absolute Gasteiger partial charge is 0.266 e. The molecule has 0 atom stereocenters. The summed E-state index contributed by atoms with van der Waals surface area (Å²) in [7, 11) is -4.01. The van der Waals surface area contributed by atoms with Crippen molar-refractivity contribution < 1.29 is 17.8 Å². The number of carbonyl (C=O) groups is 1. The molecule has 0 saturated carbocycles. The second-order valence-corrected chi connectivity index (χ2v) is 3.52. The SMILES string of the molecule is O=CN(Cl)CCS(=O)(=O)O. The predicted molar refractivity (Wildman–Crippen MR) is 35.0 cm³/mol. The van der Waals surface area contributed by atoms with Gasteiger partial charge in [0.25, 0.3) is 10.1 Å². The number of hydrogen-bond donors (Lipinski definition) is 1. The first-order chi connectivity index (χ1) is 4.45. The van der Waals surface area contributed by atoms with E-state index in [0.717, 1.165) is 0 Å². The number of amides is 1. The first-order valence-corrected chi connectivity index (χ1v) is 4.23. The van der Waals surface area contributed by atoms with Crippen molar-refractivity contribution in [2.75, 3.05) is 12.3 Å². The molecule has 0 spiro atoms. The fourth-order valence-electron chi connectivity index (χ4n) is 0.255. The Morgan fingerprint density at radius 1 is 1.60 bits per heavy atom. The maximum Gasteiger partial charge on any atom is 0.266 e. The highest BCUT2D eigenvalue weighted by Crippen LogP contribution is 1.90. The molecular weight excluding hydrogens is 182 g/mol. The van der Waals surface area contributed by atoms with Crippen molar-refractivity contribution in [3.8, 4) is 0 Å². The molecule has 0 radical (unpaired) electrons. The van der Waals surface area contributed by atoms with Crippen molar-refractivity contribution >= 4 is 28.3 Å². The monoisotopic (exact) mass is 187 g/mol. The Morgan fingerprint density at radius 3 is 2.40 bits per heavy atom. The van der Waals surface area contributed by atoms with Crippen molar-refractivity contribution in [1.29, 1.82) is 0 Å². The first kappa shape index (κ1) is 9.67. The third kappa shape index (κ3) is 5.80. The molecule has 0 saturated heterocycles. The van der Waals surface area contributed by atoms with Crippen molar-refractivity contribution in [3.63, 3.8) is 0 Å².